The third kappa shape index (κ3) is 5.91. The lowest BCUT2D eigenvalue weighted by molar-refractivity contribution is -0.385. The van der Waals surface area contributed by atoms with Gasteiger partial charge in [-0.25, -0.2) is 5.43 Å². The number of halogens is 1. The molecule has 152 valence electrons. The van der Waals surface area contributed by atoms with Crippen LogP contribution in [0, 0.1) is 10.1 Å². The molecular weight excluding hydrogens is 406 g/mol. The number of hydrazone groups is 1. The maximum absolute atomic E-state index is 11.8. The summed E-state index contributed by atoms with van der Waals surface area (Å²) < 4.78 is 15.2. The van der Waals surface area contributed by atoms with Crippen LogP contribution in [0.4, 0.5) is 5.69 Å². The smallest absolute Gasteiger partial charge is 0.323 e. The summed E-state index contributed by atoms with van der Waals surface area (Å²) in [5.41, 5.74) is 1.73. The highest BCUT2D eigenvalue weighted by Crippen LogP contribution is 2.39. The molecule has 0 bridgehead atoms. The molecule has 0 spiro atoms. The molecule has 2 aromatic carbocycles. The Bertz CT molecular complexity index is 962. The van der Waals surface area contributed by atoms with Crippen LogP contribution in [0.1, 0.15) is 12.5 Å². The number of amides is 1. The van der Waals surface area contributed by atoms with Crippen LogP contribution in [0.5, 0.6) is 17.2 Å². The maximum atomic E-state index is 11.8. The van der Waals surface area contributed by atoms with E-state index in [1.807, 2.05) is 0 Å². The second-order valence-electron chi connectivity index (χ2n) is 5.40. The Kier molecular flexibility index (Phi) is 7.49. The van der Waals surface area contributed by atoms with Gasteiger partial charge >= 0.3 is 11.7 Å². The number of para-hydroxylation sites is 1. The Balaban J connectivity index is 2.11. The van der Waals surface area contributed by atoms with Gasteiger partial charge in [0.15, 0.2) is 12.4 Å². The van der Waals surface area contributed by atoms with Gasteiger partial charge in [0.1, 0.15) is 5.75 Å². The first-order valence-corrected chi connectivity index (χ1v) is 8.44. The van der Waals surface area contributed by atoms with E-state index in [0.717, 1.165) is 13.1 Å². The van der Waals surface area contributed by atoms with Crippen LogP contribution in [0.25, 0.3) is 0 Å². The zero-order valence-corrected chi connectivity index (χ0v) is 16.1. The number of methoxy groups -OCH3 is 1. The molecule has 2 aromatic rings. The van der Waals surface area contributed by atoms with Crippen LogP contribution in [0.15, 0.2) is 41.5 Å². The lowest BCUT2D eigenvalue weighted by Crippen LogP contribution is -2.24. The van der Waals surface area contributed by atoms with Crippen molar-refractivity contribution < 1.29 is 28.7 Å². The first kappa shape index (κ1) is 21.6. The molecule has 0 radical (unpaired) electrons. The average molecular weight is 422 g/mol. The van der Waals surface area contributed by atoms with Gasteiger partial charge in [0.2, 0.25) is 5.75 Å². The van der Waals surface area contributed by atoms with Crippen LogP contribution in [-0.4, -0.2) is 36.7 Å². The lowest BCUT2D eigenvalue weighted by Gasteiger charge is -2.09. The summed E-state index contributed by atoms with van der Waals surface area (Å²) >= 11 is 5.92. The van der Waals surface area contributed by atoms with Crippen molar-refractivity contribution in [3.8, 4) is 17.2 Å². The fraction of sp³-hybridized carbons (Fsp3) is 0.167. The molecule has 10 nitrogen and oxygen atoms in total. The molecule has 0 aliphatic heterocycles. The molecule has 0 saturated carbocycles. The number of nitrogens with one attached hydrogen (secondary N) is 1. The quantitative estimate of drug-likeness (QED) is 0.228. The Morgan fingerprint density at radius 2 is 1.97 bits per heavy atom. The molecule has 11 heteroatoms. The van der Waals surface area contributed by atoms with E-state index < -0.39 is 22.5 Å². The van der Waals surface area contributed by atoms with Crippen LogP contribution in [0.2, 0.25) is 5.02 Å². The minimum Gasteiger partial charge on any atom is -0.488 e. The molecular formula is C18H16ClN3O7. The molecule has 0 aliphatic rings. The summed E-state index contributed by atoms with van der Waals surface area (Å²) in [5, 5.41) is 15.5. The standard InChI is InChI=1S/C18H16ClN3O7/c1-11(23)29-15-8-7-12(17(22(25)26)18(15)27-2)9-20-21-16(24)10-28-14-6-4-3-5-13(14)19/h3-9H,10H2,1-2H3,(H,21,24)/b20-9-. The number of carbonyl (C=O) groups is 2. The number of carbonyl (C=O) groups excluding carboxylic acids is 2. The number of esters is 1. The molecule has 0 atom stereocenters. The summed E-state index contributed by atoms with van der Waals surface area (Å²) in [4.78, 5) is 33.7. The van der Waals surface area contributed by atoms with Gasteiger partial charge in [-0.15, -0.1) is 0 Å². The maximum Gasteiger partial charge on any atom is 0.323 e. The van der Waals surface area contributed by atoms with Gasteiger partial charge in [0, 0.05) is 6.92 Å². The largest absolute Gasteiger partial charge is 0.488 e. The van der Waals surface area contributed by atoms with Gasteiger partial charge in [-0.1, -0.05) is 23.7 Å². The lowest BCUT2D eigenvalue weighted by atomic mass is 10.1. The van der Waals surface area contributed by atoms with Crippen molar-refractivity contribution in [1.82, 2.24) is 5.43 Å². The van der Waals surface area contributed by atoms with Crippen molar-refractivity contribution in [2.45, 2.75) is 6.92 Å². The van der Waals surface area contributed by atoms with Crippen molar-refractivity contribution in [3.63, 3.8) is 0 Å². The van der Waals surface area contributed by atoms with Gasteiger partial charge in [-0.2, -0.15) is 5.10 Å². The molecule has 0 heterocycles. The minimum atomic E-state index is -0.713. The molecule has 0 aromatic heterocycles. The van der Waals surface area contributed by atoms with Gasteiger partial charge in [0.05, 0.1) is 28.8 Å². The predicted octanol–water partition coefficient (Wildman–Crippen LogP) is 2.71. The monoisotopic (exact) mass is 421 g/mol. The van der Waals surface area contributed by atoms with Crippen molar-refractivity contribution >= 4 is 35.4 Å². The number of hydrogen-bond donors (Lipinski definition) is 1. The average Bonchev–Trinajstić information content (AvgIpc) is 2.67. The van der Waals surface area contributed by atoms with E-state index in [1.54, 1.807) is 24.3 Å². The Labute approximate surface area is 170 Å². The number of nitro groups is 1. The molecule has 0 fully saturated rings. The topological polar surface area (TPSA) is 129 Å². The molecule has 0 saturated heterocycles. The highest BCUT2D eigenvalue weighted by molar-refractivity contribution is 6.32. The molecule has 0 aliphatic carbocycles. The highest BCUT2D eigenvalue weighted by Gasteiger charge is 2.25. The Morgan fingerprint density at radius 3 is 2.59 bits per heavy atom. The Morgan fingerprint density at radius 1 is 1.24 bits per heavy atom. The second-order valence-corrected chi connectivity index (χ2v) is 5.81. The van der Waals surface area contributed by atoms with Crippen molar-refractivity contribution in [1.29, 1.82) is 0 Å². The van der Waals surface area contributed by atoms with Gasteiger partial charge in [-0.05, 0) is 24.3 Å². The summed E-state index contributed by atoms with van der Waals surface area (Å²) in [5.74, 6) is -1.30. The van der Waals surface area contributed by atoms with Crippen LogP contribution >= 0.6 is 11.6 Å². The highest BCUT2D eigenvalue weighted by atomic mass is 35.5. The predicted molar refractivity (Wildman–Crippen MR) is 104 cm³/mol. The second kappa shape index (κ2) is 10.0. The van der Waals surface area contributed by atoms with E-state index in [1.165, 1.54) is 19.2 Å². The van der Waals surface area contributed by atoms with Crippen LogP contribution in [-0.2, 0) is 9.59 Å². The zero-order chi connectivity index (χ0) is 21.4. The number of nitro benzene ring substituents is 1. The zero-order valence-electron chi connectivity index (χ0n) is 15.4. The van der Waals surface area contributed by atoms with Gasteiger partial charge < -0.3 is 14.2 Å². The molecule has 29 heavy (non-hydrogen) atoms. The third-order valence-electron chi connectivity index (χ3n) is 3.36. The summed E-state index contributed by atoms with van der Waals surface area (Å²) in [6.07, 6.45) is 1.06. The van der Waals surface area contributed by atoms with Crippen molar-refractivity contribution in [2.24, 2.45) is 5.10 Å². The first-order valence-electron chi connectivity index (χ1n) is 8.06. The number of rotatable bonds is 8. The molecule has 1 N–H and O–H groups in total. The van der Waals surface area contributed by atoms with E-state index in [-0.39, 0.29) is 23.7 Å². The van der Waals surface area contributed by atoms with Gasteiger partial charge in [0.25, 0.3) is 5.91 Å². The normalized spacial score (nSPS) is 10.4. The molecule has 2 rings (SSSR count). The third-order valence-corrected chi connectivity index (χ3v) is 3.67. The number of hydrogen-bond acceptors (Lipinski definition) is 8. The summed E-state index contributed by atoms with van der Waals surface area (Å²) in [7, 11) is 1.20. The van der Waals surface area contributed by atoms with Crippen LogP contribution in [0.3, 0.4) is 0 Å². The Hall–Kier alpha value is -3.66. The molecule has 1 amide bonds. The van der Waals surface area contributed by atoms with E-state index in [4.69, 9.17) is 25.8 Å². The van der Waals surface area contributed by atoms with Crippen molar-refractivity contribution in [2.75, 3.05) is 13.7 Å². The van der Waals surface area contributed by atoms with Gasteiger partial charge in [-0.3, -0.25) is 19.7 Å². The fourth-order valence-electron chi connectivity index (χ4n) is 2.20. The number of ether oxygens (including phenoxy) is 3. The van der Waals surface area contributed by atoms with E-state index in [0.29, 0.717) is 10.8 Å². The first-order chi connectivity index (χ1) is 13.8. The number of benzene rings is 2. The van der Waals surface area contributed by atoms with E-state index >= 15 is 0 Å². The SMILES string of the molecule is COc1c(OC(C)=O)ccc(/C=N\NC(=O)COc2ccccc2Cl)c1[N+](=O)[O-]. The summed E-state index contributed by atoms with van der Waals surface area (Å²) in [6, 6.07) is 9.24. The van der Waals surface area contributed by atoms with Crippen LogP contribution < -0.4 is 19.6 Å². The minimum absolute atomic E-state index is 0.0232. The van der Waals surface area contributed by atoms with E-state index in [9.17, 15) is 19.7 Å². The summed E-state index contributed by atoms with van der Waals surface area (Å²) in [6.45, 7) is 0.790. The van der Waals surface area contributed by atoms with E-state index in [2.05, 4.69) is 10.5 Å². The molecule has 0 unspecified atom stereocenters. The fourth-order valence-corrected chi connectivity index (χ4v) is 2.39. The van der Waals surface area contributed by atoms with Crippen molar-refractivity contribution in [3.05, 3.63) is 57.1 Å². The number of nitrogens with zero attached hydrogens (tertiary/aromatic N) is 2.